The summed E-state index contributed by atoms with van der Waals surface area (Å²) in [5, 5.41) is 4.31. The summed E-state index contributed by atoms with van der Waals surface area (Å²) >= 11 is -1.53. The van der Waals surface area contributed by atoms with Crippen LogP contribution in [0.5, 0.6) is 0 Å². The summed E-state index contributed by atoms with van der Waals surface area (Å²) < 4.78 is 25.1. The Kier molecular flexibility index (Phi) is 29.3. The van der Waals surface area contributed by atoms with Crippen LogP contribution in [0, 0.1) is 0 Å². The van der Waals surface area contributed by atoms with Crippen molar-refractivity contribution in [3.63, 3.8) is 0 Å². The molecule has 0 radical (unpaired) electrons. The minimum Gasteiger partial charge on any atom is -0.0654 e. The number of hydrogen-bond donors (Lipinski definition) is 1. The molecular formula is C33H72AsNO3P+. The summed E-state index contributed by atoms with van der Waals surface area (Å²) in [6, 6.07) is 0. The van der Waals surface area contributed by atoms with Gasteiger partial charge in [-0.05, 0) is 0 Å². The predicted molar refractivity (Wildman–Crippen MR) is 178 cm³/mol. The summed E-state index contributed by atoms with van der Waals surface area (Å²) in [5.41, 5.74) is 7.14. The van der Waals surface area contributed by atoms with Gasteiger partial charge in [0.15, 0.2) is 0 Å². The van der Waals surface area contributed by atoms with Gasteiger partial charge in [-0.1, -0.05) is 90.9 Å². The predicted octanol–water partition coefficient (Wildman–Crippen LogP) is 12.5. The van der Waals surface area contributed by atoms with Crippen LogP contribution in [0.2, 0.25) is 22.3 Å². The van der Waals surface area contributed by atoms with E-state index >= 15 is 0 Å². The molecule has 4 nitrogen and oxygen atoms in total. The molecule has 0 aliphatic carbocycles. The maximum absolute atomic E-state index is 13.4. The molecule has 0 bridgehead atoms. The third kappa shape index (κ3) is 31.4. The topological polar surface area (TPSA) is 47.6 Å². The molecule has 0 aromatic rings. The van der Waals surface area contributed by atoms with Crippen molar-refractivity contribution in [2.45, 2.75) is 190 Å². The Hall–Kier alpha value is 0.668. The van der Waals surface area contributed by atoms with Crippen LogP contribution in [-0.4, -0.2) is 33.3 Å². The van der Waals surface area contributed by atoms with E-state index in [9.17, 15) is 4.57 Å². The molecule has 0 aromatic carbocycles. The summed E-state index contributed by atoms with van der Waals surface area (Å²) in [7, 11) is -3.19. The van der Waals surface area contributed by atoms with Gasteiger partial charge in [-0.15, -0.1) is 0 Å². The van der Waals surface area contributed by atoms with Crippen molar-refractivity contribution in [2.24, 2.45) is 0 Å². The van der Waals surface area contributed by atoms with Crippen molar-refractivity contribution in [3.8, 4) is 0 Å². The number of unbranched alkanes of at least 4 members (excludes halogenated alkanes) is 22. The molecule has 6 heteroatoms. The zero-order valence-corrected chi connectivity index (χ0v) is 30.2. The Morgan fingerprint density at radius 3 is 1.05 bits per heavy atom. The van der Waals surface area contributed by atoms with Crippen LogP contribution in [0.1, 0.15) is 168 Å². The normalized spacial score (nSPS) is 12.4. The van der Waals surface area contributed by atoms with Crippen molar-refractivity contribution >= 4 is 21.3 Å². The minimum absolute atomic E-state index is 0.538. The van der Waals surface area contributed by atoms with E-state index in [4.69, 9.17) is 9.05 Å². The fourth-order valence-electron chi connectivity index (χ4n) is 4.91. The molecule has 0 atom stereocenters. The molecule has 0 aliphatic rings. The molecule has 0 aromatic heterocycles. The summed E-state index contributed by atoms with van der Waals surface area (Å²) in [5.74, 6) is 0. The molecule has 0 unspecified atom stereocenters. The van der Waals surface area contributed by atoms with Crippen molar-refractivity contribution in [1.82, 2.24) is 5.09 Å². The van der Waals surface area contributed by atoms with Crippen LogP contribution in [0.4, 0.5) is 0 Å². The molecule has 0 amide bonds. The van der Waals surface area contributed by atoms with Crippen LogP contribution >= 0.6 is 7.75 Å². The van der Waals surface area contributed by atoms with Gasteiger partial charge in [-0.2, -0.15) is 0 Å². The zero-order chi connectivity index (χ0) is 28.9. The van der Waals surface area contributed by atoms with Crippen LogP contribution in [0.15, 0.2) is 0 Å². The second-order valence-electron chi connectivity index (χ2n) is 12.9. The molecule has 0 aliphatic heterocycles. The molecule has 0 fully saturated rings. The van der Waals surface area contributed by atoms with E-state index in [1.807, 2.05) is 0 Å². The smallest absolute Gasteiger partial charge is 0.0654 e. The molecule has 236 valence electrons. The molecule has 0 rings (SSSR count). The van der Waals surface area contributed by atoms with Crippen molar-refractivity contribution < 1.29 is 13.6 Å². The Morgan fingerprint density at radius 1 is 0.487 bits per heavy atom. The number of hydrogen-bond acceptors (Lipinski definition) is 3. The fraction of sp³-hybridized carbons (Fsp3) is 1.00. The van der Waals surface area contributed by atoms with Crippen LogP contribution in [0.3, 0.4) is 0 Å². The fourth-order valence-corrected chi connectivity index (χ4v) is 8.31. The third-order valence-electron chi connectivity index (χ3n) is 7.61. The average molecular weight is 637 g/mol. The first-order chi connectivity index (χ1) is 18.8. The van der Waals surface area contributed by atoms with Crippen molar-refractivity contribution in [2.75, 3.05) is 19.8 Å². The van der Waals surface area contributed by atoms with E-state index in [1.54, 1.807) is 0 Å². The number of rotatable bonds is 32. The van der Waals surface area contributed by atoms with E-state index in [0.717, 1.165) is 37.4 Å². The van der Waals surface area contributed by atoms with Crippen molar-refractivity contribution in [1.29, 1.82) is 0 Å². The Balaban J connectivity index is 3.93. The van der Waals surface area contributed by atoms with Gasteiger partial charge < -0.3 is 0 Å². The summed E-state index contributed by atoms with van der Waals surface area (Å²) in [6.07, 6.45) is 31.6. The first-order valence-electron chi connectivity index (χ1n) is 17.3. The van der Waals surface area contributed by atoms with E-state index in [1.165, 1.54) is 128 Å². The molecule has 0 saturated heterocycles. The Bertz CT molecular complexity index is 508. The Morgan fingerprint density at radius 2 is 0.769 bits per heavy atom. The maximum atomic E-state index is 13.4. The van der Waals surface area contributed by atoms with Gasteiger partial charge in [0.25, 0.3) is 0 Å². The second-order valence-corrected chi connectivity index (χ2v) is 25.2. The standard InChI is InChI=1S/C33H72AsNO3P/c1-6-8-10-12-14-16-18-20-22-24-26-28-32-37-39(36,35-31-30-34(3,4)5)38-33-29-27-25-23-21-19-17-15-13-11-9-7-2/h6-33H2,1-5H3,(H,35,36)/q+1. The molecule has 0 heterocycles. The van der Waals surface area contributed by atoms with E-state index < -0.39 is 21.3 Å². The van der Waals surface area contributed by atoms with Gasteiger partial charge in [0, 0.05) is 0 Å². The Labute approximate surface area is 249 Å². The zero-order valence-electron chi connectivity index (χ0n) is 27.4. The quantitative estimate of drug-likeness (QED) is 0.0453. The van der Waals surface area contributed by atoms with Gasteiger partial charge in [0.05, 0.1) is 0 Å². The van der Waals surface area contributed by atoms with Gasteiger partial charge in [0.2, 0.25) is 0 Å². The molecule has 0 saturated carbocycles. The average Bonchev–Trinajstić information content (AvgIpc) is 2.89. The van der Waals surface area contributed by atoms with Crippen LogP contribution in [-0.2, 0) is 13.6 Å². The first kappa shape index (κ1) is 39.7. The van der Waals surface area contributed by atoms with Crippen molar-refractivity contribution in [3.05, 3.63) is 0 Å². The van der Waals surface area contributed by atoms with Gasteiger partial charge >= 0.3 is 159 Å². The van der Waals surface area contributed by atoms with Crippen LogP contribution in [0.25, 0.3) is 0 Å². The molecule has 0 spiro atoms. The second kappa shape index (κ2) is 28.8. The van der Waals surface area contributed by atoms with Gasteiger partial charge in [0.1, 0.15) is 0 Å². The number of nitrogens with one attached hydrogen (secondary N) is 1. The molecular weight excluding hydrogens is 564 g/mol. The first-order valence-corrected chi connectivity index (χ1v) is 25.8. The monoisotopic (exact) mass is 636 g/mol. The summed E-state index contributed by atoms with van der Waals surface area (Å²) in [6.45, 7) is 6.38. The van der Waals surface area contributed by atoms with Crippen LogP contribution < -0.4 is 5.09 Å². The summed E-state index contributed by atoms with van der Waals surface area (Å²) in [4.78, 5) is 0. The SMILES string of the molecule is CCCCCCCCCCCCCCOP(=O)(NCC[As+](C)(C)C)OCCCCCCCCCCCCCC. The van der Waals surface area contributed by atoms with Gasteiger partial charge in [-0.3, -0.25) is 0 Å². The molecule has 1 N–H and O–H groups in total. The van der Waals surface area contributed by atoms with E-state index in [-0.39, 0.29) is 0 Å². The third-order valence-corrected chi connectivity index (χ3v) is 12.5. The van der Waals surface area contributed by atoms with Gasteiger partial charge in [-0.25, -0.2) is 0 Å². The minimum atomic E-state index is -3.19. The van der Waals surface area contributed by atoms with E-state index in [0.29, 0.717) is 13.2 Å². The van der Waals surface area contributed by atoms with E-state index in [2.05, 4.69) is 36.1 Å². The molecule has 39 heavy (non-hydrogen) atoms.